The average Bonchev–Trinajstić information content (AvgIpc) is 2.83. The van der Waals surface area contributed by atoms with Gasteiger partial charge in [-0.15, -0.1) is 0 Å². The Bertz CT molecular complexity index is 618. The van der Waals surface area contributed by atoms with Gasteiger partial charge in [-0.25, -0.2) is 5.06 Å². The molecule has 19 heavy (non-hydrogen) atoms. The lowest BCUT2D eigenvalue weighted by Gasteiger charge is -2.27. The quantitative estimate of drug-likeness (QED) is 0.774. The molecular formula is C15H18N2O2. The number of hydroxylamine groups is 2. The molecule has 1 aromatic carbocycles. The van der Waals surface area contributed by atoms with Crippen molar-refractivity contribution in [2.45, 2.75) is 19.4 Å². The number of nitrogens with zero attached hydrogens (tertiary/aromatic N) is 2. The highest BCUT2D eigenvalue weighted by molar-refractivity contribution is 5.82. The highest BCUT2D eigenvalue weighted by atomic mass is 16.7. The molecule has 2 heterocycles. The number of carbonyl (C=O) groups excluding carboxylic acids is 1. The number of hydrogen-bond donors (Lipinski definition) is 0. The molecule has 0 fully saturated rings. The van der Waals surface area contributed by atoms with Crippen LogP contribution < -0.4 is 0 Å². The molecule has 0 aliphatic carbocycles. The Labute approximate surface area is 112 Å². The van der Waals surface area contributed by atoms with Crippen LogP contribution in [0.25, 0.3) is 10.9 Å². The molecule has 0 saturated heterocycles. The van der Waals surface area contributed by atoms with Crippen molar-refractivity contribution in [1.82, 2.24) is 9.63 Å². The number of hydrogen-bond acceptors (Lipinski definition) is 2. The van der Waals surface area contributed by atoms with E-state index in [4.69, 9.17) is 4.84 Å². The monoisotopic (exact) mass is 258 g/mol. The minimum atomic E-state index is 0.00764. The number of amides is 1. The molecule has 3 rings (SSSR count). The Balaban J connectivity index is 1.93. The molecule has 0 N–H and O–H groups in total. The number of aryl methyl sites for hydroxylation is 1. The van der Waals surface area contributed by atoms with Crippen molar-refractivity contribution in [3.05, 3.63) is 36.0 Å². The highest BCUT2D eigenvalue weighted by Gasteiger charge is 2.28. The van der Waals surface area contributed by atoms with Crippen LogP contribution in [0, 0.1) is 5.92 Å². The second-order valence-electron chi connectivity index (χ2n) is 5.06. The van der Waals surface area contributed by atoms with E-state index in [1.54, 1.807) is 7.05 Å². The summed E-state index contributed by atoms with van der Waals surface area (Å²) in [6, 6.07) is 10.6. The third kappa shape index (κ3) is 2.02. The smallest absolute Gasteiger partial charge is 0.250 e. The predicted molar refractivity (Wildman–Crippen MR) is 73.5 cm³/mol. The zero-order valence-corrected chi connectivity index (χ0v) is 11.3. The molecule has 2 aromatic rings. The van der Waals surface area contributed by atoms with Crippen LogP contribution >= 0.6 is 0 Å². The molecule has 0 saturated carbocycles. The van der Waals surface area contributed by atoms with Crippen LogP contribution in [0.1, 0.15) is 12.1 Å². The maximum atomic E-state index is 12.2. The molecule has 1 aliphatic heterocycles. The van der Waals surface area contributed by atoms with E-state index < -0.39 is 0 Å². The third-order valence-electron chi connectivity index (χ3n) is 3.98. The standard InChI is InChI=1S/C15H18N2O2/c1-16(19-2)15(18)12-7-8-13-9-11-5-3-4-6-14(11)17(13)10-12/h3-6,9,12H,7-8,10H2,1-2H3. The maximum absolute atomic E-state index is 12.2. The second-order valence-corrected chi connectivity index (χ2v) is 5.06. The maximum Gasteiger partial charge on any atom is 0.250 e. The van der Waals surface area contributed by atoms with E-state index in [0.717, 1.165) is 19.4 Å². The predicted octanol–water partition coefficient (Wildman–Crippen LogP) is 2.22. The minimum Gasteiger partial charge on any atom is -0.344 e. The van der Waals surface area contributed by atoms with Gasteiger partial charge in [0.1, 0.15) is 0 Å². The summed E-state index contributed by atoms with van der Waals surface area (Å²) in [7, 11) is 3.20. The zero-order chi connectivity index (χ0) is 13.4. The van der Waals surface area contributed by atoms with Crippen LogP contribution in [0.15, 0.2) is 30.3 Å². The molecule has 1 amide bonds. The molecule has 1 atom stereocenters. The summed E-state index contributed by atoms with van der Waals surface area (Å²) in [4.78, 5) is 17.2. The Morgan fingerprint density at radius 2 is 2.21 bits per heavy atom. The van der Waals surface area contributed by atoms with Crippen molar-refractivity contribution in [3.63, 3.8) is 0 Å². The molecule has 4 nitrogen and oxygen atoms in total. The number of benzene rings is 1. The fourth-order valence-electron chi connectivity index (χ4n) is 2.87. The Morgan fingerprint density at radius 3 is 3.00 bits per heavy atom. The van der Waals surface area contributed by atoms with E-state index in [-0.39, 0.29) is 11.8 Å². The topological polar surface area (TPSA) is 34.5 Å². The summed E-state index contributed by atoms with van der Waals surface area (Å²) in [5, 5.41) is 2.59. The molecule has 1 aromatic heterocycles. The first kappa shape index (κ1) is 12.2. The van der Waals surface area contributed by atoms with Crippen molar-refractivity contribution in [1.29, 1.82) is 0 Å². The van der Waals surface area contributed by atoms with Gasteiger partial charge in [-0.05, 0) is 30.4 Å². The summed E-state index contributed by atoms with van der Waals surface area (Å²) in [5.74, 6) is 0.0687. The van der Waals surface area contributed by atoms with Crippen molar-refractivity contribution in [3.8, 4) is 0 Å². The van der Waals surface area contributed by atoms with Gasteiger partial charge in [-0.2, -0.15) is 0 Å². The van der Waals surface area contributed by atoms with Crippen LogP contribution in [0.4, 0.5) is 0 Å². The van der Waals surface area contributed by atoms with Gasteiger partial charge in [-0.1, -0.05) is 18.2 Å². The van der Waals surface area contributed by atoms with Crippen LogP contribution in [-0.4, -0.2) is 29.7 Å². The van der Waals surface area contributed by atoms with Crippen LogP contribution in [-0.2, 0) is 22.6 Å². The van der Waals surface area contributed by atoms with E-state index in [9.17, 15) is 4.79 Å². The Morgan fingerprint density at radius 1 is 1.42 bits per heavy atom. The van der Waals surface area contributed by atoms with Gasteiger partial charge in [0.15, 0.2) is 0 Å². The summed E-state index contributed by atoms with van der Waals surface area (Å²) in [5.41, 5.74) is 2.54. The van der Waals surface area contributed by atoms with E-state index in [2.05, 4.69) is 28.8 Å². The Hall–Kier alpha value is -1.81. The minimum absolute atomic E-state index is 0.00764. The van der Waals surface area contributed by atoms with Crippen molar-refractivity contribution >= 4 is 16.8 Å². The largest absolute Gasteiger partial charge is 0.344 e. The number of para-hydroxylation sites is 1. The SMILES string of the molecule is CON(C)C(=O)C1CCc2cc3ccccc3n2C1. The molecule has 0 bridgehead atoms. The van der Waals surface area contributed by atoms with Gasteiger partial charge in [0, 0.05) is 24.8 Å². The first-order valence-electron chi connectivity index (χ1n) is 6.59. The van der Waals surface area contributed by atoms with E-state index in [0.29, 0.717) is 0 Å². The summed E-state index contributed by atoms with van der Waals surface area (Å²) < 4.78 is 2.27. The molecular weight excluding hydrogens is 240 g/mol. The van der Waals surface area contributed by atoms with Gasteiger partial charge in [0.05, 0.1) is 13.0 Å². The number of fused-ring (bicyclic) bond motifs is 3. The van der Waals surface area contributed by atoms with Gasteiger partial charge in [0.25, 0.3) is 5.91 Å². The van der Waals surface area contributed by atoms with Crippen LogP contribution in [0.3, 0.4) is 0 Å². The van der Waals surface area contributed by atoms with Crippen LogP contribution in [0.2, 0.25) is 0 Å². The molecule has 0 radical (unpaired) electrons. The molecule has 0 spiro atoms. The lowest BCUT2D eigenvalue weighted by Crippen LogP contribution is -2.36. The lowest BCUT2D eigenvalue weighted by atomic mass is 9.97. The molecule has 4 heteroatoms. The number of carbonyl (C=O) groups is 1. The van der Waals surface area contributed by atoms with E-state index >= 15 is 0 Å². The highest BCUT2D eigenvalue weighted by Crippen LogP contribution is 2.28. The summed E-state index contributed by atoms with van der Waals surface area (Å²) >= 11 is 0. The second kappa shape index (κ2) is 4.70. The first-order valence-corrected chi connectivity index (χ1v) is 6.59. The van der Waals surface area contributed by atoms with Gasteiger partial charge < -0.3 is 4.57 Å². The zero-order valence-electron chi connectivity index (χ0n) is 11.3. The molecule has 1 unspecified atom stereocenters. The fraction of sp³-hybridized carbons (Fsp3) is 0.400. The number of rotatable bonds is 2. The van der Waals surface area contributed by atoms with Crippen molar-refractivity contribution in [2.75, 3.05) is 14.2 Å². The summed E-state index contributed by atoms with van der Waals surface area (Å²) in [6.45, 7) is 0.745. The normalized spacial score (nSPS) is 18.3. The van der Waals surface area contributed by atoms with Gasteiger partial charge >= 0.3 is 0 Å². The first-order chi connectivity index (χ1) is 9.20. The molecule has 1 aliphatic rings. The van der Waals surface area contributed by atoms with Crippen molar-refractivity contribution in [2.24, 2.45) is 5.92 Å². The summed E-state index contributed by atoms with van der Waals surface area (Å²) in [6.07, 6.45) is 1.84. The van der Waals surface area contributed by atoms with Crippen molar-refractivity contribution < 1.29 is 9.63 Å². The lowest BCUT2D eigenvalue weighted by molar-refractivity contribution is -0.174. The van der Waals surface area contributed by atoms with E-state index in [1.807, 2.05) is 6.07 Å². The third-order valence-corrected chi connectivity index (χ3v) is 3.98. The van der Waals surface area contributed by atoms with Gasteiger partial charge in [-0.3, -0.25) is 9.63 Å². The molecule has 100 valence electrons. The Kier molecular flexibility index (Phi) is 3.03. The van der Waals surface area contributed by atoms with E-state index in [1.165, 1.54) is 28.8 Å². The van der Waals surface area contributed by atoms with Gasteiger partial charge in [0.2, 0.25) is 0 Å². The van der Waals surface area contributed by atoms with Crippen LogP contribution in [0.5, 0.6) is 0 Å². The average molecular weight is 258 g/mol. The number of aromatic nitrogens is 1. The fourth-order valence-corrected chi connectivity index (χ4v) is 2.87.